The van der Waals surface area contributed by atoms with Crippen LogP contribution in [0.1, 0.15) is 23.6 Å². The van der Waals surface area contributed by atoms with Crippen molar-refractivity contribution in [2.45, 2.75) is 25.4 Å². The Morgan fingerprint density at radius 1 is 1.15 bits per heavy atom. The van der Waals surface area contributed by atoms with Gasteiger partial charge < -0.3 is 10.1 Å². The number of morpholine rings is 1. The van der Waals surface area contributed by atoms with Crippen molar-refractivity contribution in [1.82, 2.24) is 5.32 Å². The molecule has 2 rings (SSSR count). The molecule has 1 atom stereocenters. The zero-order valence-corrected chi connectivity index (χ0v) is 14.1. The van der Waals surface area contributed by atoms with Crippen molar-refractivity contribution >= 4 is 17.1 Å². The van der Waals surface area contributed by atoms with E-state index in [-0.39, 0.29) is 17.3 Å². The first-order valence-corrected chi connectivity index (χ1v) is 7.70. The molecule has 1 aliphatic rings. The Kier molecular flexibility index (Phi) is 5.63. The lowest BCUT2D eigenvalue weighted by Crippen LogP contribution is -2.36. The molecule has 3 nitrogen and oxygen atoms in total. The van der Waals surface area contributed by atoms with Gasteiger partial charge in [0.2, 0.25) is 0 Å². The summed E-state index contributed by atoms with van der Waals surface area (Å²) in [6.07, 6.45) is -10.6. The summed E-state index contributed by atoms with van der Waals surface area (Å²) in [5, 5.41) is 12.2. The zero-order valence-electron chi connectivity index (χ0n) is 13.3. The van der Waals surface area contributed by atoms with E-state index in [0.717, 1.165) is 0 Å². The highest BCUT2D eigenvalue weighted by Gasteiger charge is 2.37. The Labute approximate surface area is 150 Å². The van der Waals surface area contributed by atoms with Gasteiger partial charge in [-0.25, -0.2) is 0 Å². The number of nitriles is 1. The highest BCUT2D eigenvalue weighted by atomic mass is 32.1. The molecule has 1 saturated heterocycles. The number of hydrogen-bond donors (Lipinski definition) is 1. The van der Waals surface area contributed by atoms with Gasteiger partial charge >= 0.3 is 12.4 Å². The number of ether oxygens (including phenoxy) is 1. The lowest BCUT2D eigenvalue weighted by Gasteiger charge is -2.26. The summed E-state index contributed by atoms with van der Waals surface area (Å²) in [6, 6.07) is 2.77. The van der Waals surface area contributed by atoms with E-state index in [4.69, 9.17) is 17.0 Å². The number of halogens is 6. The molecule has 1 aromatic carbocycles. The summed E-state index contributed by atoms with van der Waals surface area (Å²) in [7, 11) is 0. The Morgan fingerprint density at radius 3 is 2.12 bits per heavy atom. The van der Waals surface area contributed by atoms with Crippen LogP contribution in [-0.2, 0) is 17.1 Å². The van der Waals surface area contributed by atoms with Crippen LogP contribution in [0.15, 0.2) is 29.5 Å². The SMILES string of the molecule is CC1OCCN/C1=C(\C#N)C(=S)c1cc(C(F)(F)F)cc(C(F)(F)F)c1. The average Bonchev–Trinajstić information content (AvgIpc) is 2.55. The van der Waals surface area contributed by atoms with Gasteiger partial charge in [-0.15, -0.1) is 0 Å². The first-order chi connectivity index (χ1) is 11.9. The van der Waals surface area contributed by atoms with Crippen molar-refractivity contribution in [2.75, 3.05) is 13.2 Å². The molecule has 0 aliphatic carbocycles. The van der Waals surface area contributed by atoms with E-state index in [9.17, 15) is 31.6 Å². The van der Waals surface area contributed by atoms with Crippen LogP contribution in [0.4, 0.5) is 26.3 Å². The third-order valence-corrected chi connectivity index (χ3v) is 4.09. The minimum absolute atomic E-state index is 0.00982. The Bertz CT molecular complexity index is 759. The van der Waals surface area contributed by atoms with E-state index >= 15 is 0 Å². The molecule has 1 unspecified atom stereocenters. The number of nitrogens with zero attached hydrogens (tertiary/aromatic N) is 1. The Balaban J connectivity index is 2.61. The first kappa shape index (κ1) is 20.2. The fraction of sp³-hybridized carbons (Fsp3) is 0.375. The lowest BCUT2D eigenvalue weighted by molar-refractivity contribution is -0.143. The van der Waals surface area contributed by atoms with Crippen LogP contribution in [0.3, 0.4) is 0 Å². The molecule has 0 radical (unpaired) electrons. The van der Waals surface area contributed by atoms with E-state index in [0.29, 0.717) is 25.3 Å². The molecule has 0 bridgehead atoms. The number of allylic oxidation sites excluding steroid dienone is 1. The summed E-state index contributed by atoms with van der Waals surface area (Å²) < 4.78 is 83.2. The Morgan fingerprint density at radius 2 is 1.69 bits per heavy atom. The first-order valence-electron chi connectivity index (χ1n) is 7.29. The maximum atomic E-state index is 13.0. The monoisotopic (exact) mass is 394 g/mol. The second-order valence-corrected chi connectivity index (χ2v) is 5.87. The number of benzene rings is 1. The number of hydrogen-bond acceptors (Lipinski definition) is 4. The highest BCUT2D eigenvalue weighted by Crippen LogP contribution is 2.37. The van der Waals surface area contributed by atoms with Crippen LogP contribution in [0.25, 0.3) is 0 Å². The zero-order chi connectivity index (χ0) is 19.7. The predicted octanol–water partition coefficient (Wildman–Crippen LogP) is 4.23. The summed E-state index contributed by atoms with van der Waals surface area (Å²) >= 11 is 5.03. The summed E-state index contributed by atoms with van der Waals surface area (Å²) in [5.74, 6) is 0. The molecule has 1 N–H and O–H groups in total. The third kappa shape index (κ3) is 4.34. The fourth-order valence-corrected chi connectivity index (χ4v) is 2.68. The van der Waals surface area contributed by atoms with Gasteiger partial charge in [0.15, 0.2) is 0 Å². The molecular formula is C16H12F6N2OS. The fourth-order valence-electron chi connectivity index (χ4n) is 2.40. The van der Waals surface area contributed by atoms with Crippen molar-refractivity contribution in [3.8, 4) is 6.07 Å². The van der Waals surface area contributed by atoms with E-state index < -0.39 is 40.0 Å². The van der Waals surface area contributed by atoms with Crippen LogP contribution in [0.5, 0.6) is 0 Å². The number of alkyl halides is 6. The maximum Gasteiger partial charge on any atom is 0.416 e. The highest BCUT2D eigenvalue weighted by molar-refractivity contribution is 7.81. The second kappa shape index (κ2) is 7.25. The largest absolute Gasteiger partial charge is 0.416 e. The molecule has 26 heavy (non-hydrogen) atoms. The standard InChI is InChI=1S/C16H12F6N2OS/c1-8-13(24-2-3-25-8)12(7-23)14(26)9-4-10(15(17,18)19)6-11(5-9)16(20,21)22/h4-6,8,24H,2-3H2,1H3/b13-12+. The molecule has 1 fully saturated rings. The van der Waals surface area contributed by atoms with Crippen LogP contribution in [0, 0.1) is 11.3 Å². The van der Waals surface area contributed by atoms with Gasteiger partial charge in [0.25, 0.3) is 0 Å². The van der Waals surface area contributed by atoms with Crippen LogP contribution >= 0.6 is 12.2 Å². The quantitative estimate of drug-likeness (QED) is 0.268. The number of thiocarbonyl (C=S) groups is 1. The normalized spacial score (nSPS) is 20.2. The van der Waals surface area contributed by atoms with Crippen LogP contribution < -0.4 is 5.32 Å². The molecule has 0 saturated carbocycles. The van der Waals surface area contributed by atoms with Gasteiger partial charge in [0.1, 0.15) is 6.07 Å². The third-order valence-electron chi connectivity index (χ3n) is 3.65. The summed E-state index contributed by atoms with van der Waals surface area (Å²) in [6.45, 7) is 2.27. The number of nitrogens with one attached hydrogen (secondary N) is 1. The van der Waals surface area contributed by atoms with Crippen molar-refractivity contribution in [1.29, 1.82) is 5.26 Å². The van der Waals surface area contributed by atoms with Gasteiger partial charge in [-0.1, -0.05) is 12.2 Å². The minimum atomic E-state index is -4.99. The molecule has 1 heterocycles. The predicted molar refractivity (Wildman–Crippen MR) is 84.2 cm³/mol. The molecule has 140 valence electrons. The van der Waals surface area contributed by atoms with E-state index in [2.05, 4.69) is 5.32 Å². The van der Waals surface area contributed by atoms with Gasteiger partial charge in [0.05, 0.1) is 40.0 Å². The molecule has 1 aromatic rings. The van der Waals surface area contributed by atoms with Gasteiger partial charge in [0, 0.05) is 6.54 Å². The van der Waals surface area contributed by atoms with Gasteiger partial charge in [-0.3, -0.25) is 0 Å². The molecule has 0 spiro atoms. The molecule has 0 aromatic heterocycles. The van der Waals surface area contributed by atoms with E-state index in [1.165, 1.54) is 0 Å². The second-order valence-electron chi connectivity index (χ2n) is 5.46. The molecule has 10 heteroatoms. The smallest absolute Gasteiger partial charge is 0.383 e. The molecule has 1 aliphatic heterocycles. The molecule has 0 amide bonds. The summed E-state index contributed by atoms with van der Waals surface area (Å²) in [5.41, 5.74) is -3.49. The van der Waals surface area contributed by atoms with Crippen LogP contribution in [-0.4, -0.2) is 24.1 Å². The number of rotatable bonds is 2. The summed E-state index contributed by atoms with van der Waals surface area (Å²) in [4.78, 5) is -0.413. The minimum Gasteiger partial charge on any atom is -0.383 e. The average molecular weight is 394 g/mol. The maximum absolute atomic E-state index is 13.0. The van der Waals surface area contributed by atoms with Crippen molar-refractivity contribution in [3.05, 3.63) is 46.2 Å². The van der Waals surface area contributed by atoms with Crippen LogP contribution in [0.2, 0.25) is 0 Å². The van der Waals surface area contributed by atoms with Gasteiger partial charge in [-0.2, -0.15) is 31.6 Å². The lowest BCUT2D eigenvalue weighted by atomic mass is 9.97. The van der Waals surface area contributed by atoms with Crippen molar-refractivity contribution in [3.63, 3.8) is 0 Å². The topological polar surface area (TPSA) is 45.0 Å². The van der Waals surface area contributed by atoms with Crippen molar-refractivity contribution in [2.24, 2.45) is 0 Å². The van der Waals surface area contributed by atoms with Gasteiger partial charge in [-0.05, 0) is 30.7 Å². The Hall–Kier alpha value is -2.12. The van der Waals surface area contributed by atoms with E-state index in [1.807, 2.05) is 0 Å². The van der Waals surface area contributed by atoms with Crippen molar-refractivity contribution < 1.29 is 31.1 Å². The van der Waals surface area contributed by atoms with E-state index in [1.54, 1.807) is 13.0 Å². The molecular weight excluding hydrogens is 382 g/mol.